The van der Waals surface area contributed by atoms with Crippen LogP contribution in [0.3, 0.4) is 0 Å². The molecule has 0 unspecified atom stereocenters. The Bertz CT molecular complexity index is 649. The van der Waals surface area contributed by atoms with E-state index in [4.69, 9.17) is 4.42 Å². The van der Waals surface area contributed by atoms with Gasteiger partial charge in [0.2, 0.25) is 0 Å². The van der Waals surface area contributed by atoms with Crippen LogP contribution in [0.25, 0.3) is 0 Å². The molecular weight excluding hydrogens is 338 g/mol. The number of nitrogens with one attached hydrogen (secondary N) is 3. The van der Waals surface area contributed by atoms with E-state index < -0.39 is 30.3 Å². The van der Waals surface area contributed by atoms with Gasteiger partial charge in [-0.1, -0.05) is 6.07 Å². The number of amides is 3. The average Bonchev–Trinajstić information content (AvgIpc) is 3.28. The van der Waals surface area contributed by atoms with Gasteiger partial charge in [0.1, 0.15) is 6.54 Å². The molecule has 0 aliphatic heterocycles. The molecule has 9 nitrogen and oxygen atoms in total. The van der Waals surface area contributed by atoms with Crippen molar-refractivity contribution in [2.75, 3.05) is 13.2 Å². The lowest BCUT2D eigenvalue weighted by molar-refractivity contribution is -0.147. The van der Waals surface area contributed by atoms with Crippen LogP contribution in [0.2, 0.25) is 0 Å². The first-order chi connectivity index (χ1) is 11.6. The Morgan fingerprint density at radius 2 is 1.92 bits per heavy atom. The minimum Gasteiger partial charge on any atom is -0.459 e. The van der Waals surface area contributed by atoms with Gasteiger partial charge in [0.15, 0.2) is 12.4 Å². The summed E-state index contributed by atoms with van der Waals surface area (Å²) in [7, 11) is 0. The number of hydrogen-bond acceptors (Lipinski definition) is 7. The van der Waals surface area contributed by atoms with Crippen LogP contribution >= 0.6 is 11.3 Å². The van der Waals surface area contributed by atoms with E-state index in [9.17, 15) is 19.2 Å². The molecule has 126 valence electrons. The van der Waals surface area contributed by atoms with Crippen LogP contribution in [-0.4, -0.2) is 36.8 Å². The molecule has 0 aromatic carbocycles. The highest BCUT2D eigenvalue weighted by atomic mass is 32.1. The highest BCUT2D eigenvalue weighted by Gasteiger charge is 2.13. The molecule has 0 fully saturated rings. The number of carbonyl (C=O) groups excluding carboxylic acids is 4. The van der Waals surface area contributed by atoms with Crippen LogP contribution in [0.15, 0.2) is 40.3 Å². The number of hydrazine groups is 1. The van der Waals surface area contributed by atoms with Crippen molar-refractivity contribution < 1.29 is 28.3 Å². The SMILES string of the molecule is O=C(COC(=O)CNC(=O)c1cccs1)NNC(=O)c1ccco1. The van der Waals surface area contributed by atoms with Crippen LogP contribution in [0.1, 0.15) is 20.2 Å². The largest absolute Gasteiger partial charge is 0.459 e. The van der Waals surface area contributed by atoms with Crippen molar-refractivity contribution in [3.63, 3.8) is 0 Å². The molecule has 2 heterocycles. The molecule has 0 saturated heterocycles. The summed E-state index contributed by atoms with van der Waals surface area (Å²) in [4.78, 5) is 46.4. The third kappa shape index (κ3) is 5.25. The lowest BCUT2D eigenvalue weighted by Crippen LogP contribution is -2.44. The van der Waals surface area contributed by atoms with Crippen molar-refractivity contribution in [2.24, 2.45) is 0 Å². The number of thiophene rings is 1. The Labute approximate surface area is 139 Å². The fourth-order valence-electron chi connectivity index (χ4n) is 1.48. The van der Waals surface area contributed by atoms with Gasteiger partial charge < -0.3 is 14.5 Å². The van der Waals surface area contributed by atoms with Crippen LogP contribution < -0.4 is 16.2 Å². The first-order valence-corrected chi connectivity index (χ1v) is 7.54. The van der Waals surface area contributed by atoms with E-state index >= 15 is 0 Å². The average molecular weight is 351 g/mol. The second kappa shape index (κ2) is 8.48. The van der Waals surface area contributed by atoms with Gasteiger partial charge in [-0.15, -0.1) is 11.3 Å². The Kier molecular flexibility index (Phi) is 6.08. The fourth-order valence-corrected chi connectivity index (χ4v) is 2.12. The lowest BCUT2D eigenvalue weighted by atomic mass is 10.4. The predicted molar refractivity (Wildman–Crippen MR) is 81.9 cm³/mol. The fraction of sp³-hybridized carbons (Fsp3) is 0.143. The third-order valence-electron chi connectivity index (χ3n) is 2.56. The molecule has 0 aliphatic rings. The number of carbonyl (C=O) groups is 4. The summed E-state index contributed by atoms with van der Waals surface area (Å²) >= 11 is 1.23. The van der Waals surface area contributed by atoms with Crippen LogP contribution in [0.5, 0.6) is 0 Å². The molecule has 0 aliphatic carbocycles. The second-order valence-corrected chi connectivity index (χ2v) is 5.25. The summed E-state index contributed by atoms with van der Waals surface area (Å²) < 4.78 is 9.48. The van der Waals surface area contributed by atoms with Crippen LogP contribution in [-0.2, 0) is 14.3 Å². The van der Waals surface area contributed by atoms with E-state index in [0.29, 0.717) is 4.88 Å². The van der Waals surface area contributed by atoms with Gasteiger partial charge in [-0.25, -0.2) is 0 Å². The van der Waals surface area contributed by atoms with E-state index in [1.807, 2.05) is 0 Å². The molecule has 10 heteroatoms. The highest BCUT2D eigenvalue weighted by molar-refractivity contribution is 7.12. The number of esters is 1. The Hall–Kier alpha value is -3.14. The normalized spacial score (nSPS) is 9.83. The van der Waals surface area contributed by atoms with Gasteiger partial charge in [-0.05, 0) is 23.6 Å². The summed E-state index contributed by atoms with van der Waals surface area (Å²) in [6.07, 6.45) is 1.31. The molecule has 3 N–H and O–H groups in total. The molecule has 2 rings (SSSR count). The minimum atomic E-state index is -0.785. The summed E-state index contributed by atoms with van der Waals surface area (Å²) in [6.45, 7) is -0.977. The Balaban J connectivity index is 1.61. The molecule has 0 saturated carbocycles. The molecule has 2 aromatic heterocycles. The molecular formula is C14H13N3O6S. The zero-order valence-electron chi connectivity index (χ0n) is 12.2. The standard InChI is InChI=1S/C14H13N3O6S/c18-11(16-17-13(20)9-3-1-5-22-9)8-23-12(19)7-15-14(21)10-4-2-6-24-10/h1-6H,7-8H2,(H,15,21)(H,16,18)(H,17,20). The molecule has 0 bridgehead atoms. The number of rotatable bonds is 6. The lowest BCUT2D eigenvalue weighted by Gasteiger charge is -2.07. The van der Waals surface area contributed by atoms with E-state index in [0.717, 1.165) is 0 Å². The van der Waals surface area contributed by atoms with Gasteiger partial charge in [-0.2, -0.15) is 0 Å². The molecule has 2 aromatic rings. The van der Waals surface area contributed by atoms with Crippen LogP contribution in [0, 0.1) is 0 Å². The number of hydrogen-bond donors (Lipinski definition) is 3. The minimum absolute atomic E-state index is 0.0172. The summed E-state index contributed by atoms with van der Waals surface area (Å²) in [5, 5.41) is 4.09. The molecule has 3 amide bonds. The van der Waals surface area contributed by atoms with Crippen molar-refractivity contribution in [3.05, 3.63) is 46.5 Å². The molecule has 0 atom stereocenters. The summed E-state index contributed by atoms with van der Waals surface area (Å²) in [5.74, 6) is -2.57. The van der Waals surface area contributed by atoms with Crippen molar-refractivity contribution in [3.8, 4) is 0 Å². The maximum absolute atomic E-state index is 11.6. The molecule has 0 radical (unpaired) electrons. The predicted octanol–water partition coefficient (Wildman–Crippen LogP) is 0.0753. The van der Waals surface area contributed by atoms with Gasteiger partial charge >= 0.3 is 11.9 Å². The first kappa shape index (κ1) is 17.2. The molecule has 0 spiro atoms. The Morgan fingerprint density at radius 1 is 1.08 bits per heavy atom. The van der Waals surface area contributed by atoms with Crippen LogP contribution in [0.4, 0.5) is 0 Å². The second-order valence-electron chi connectivity index (χ2n) is 4.30. The third-order valence-corrected chi connectivity index (χ3v) is 3.43. The monoisotopic (exact) mass is 351 g/mol. The summed E-state index contributed by atoms with van der Waals surface area (Å²) in [5.41, 5.74) is 4.14. The maximum Gasteiger partial charge on any atom is 0.325 e. The topological polar surface area (TPSA) is 127 Å². The van der Waals surface area contributed by atoms with Gasteiger partial charge in [0, 0.05) is 0 Å². The van der Waals surface area contributed by atoms with E-state index in [1.165, 1.54) is 29.7 Å². The van der Waals surface area contributed by atoms with Gasteiger partial charge in [-0.3, -0.25) is 30.0 Å². The number of ether oxygens (including phenoxy) is 1. The highest BCUT2D eigenvalue weighted by Crippen LogP contribution is 2.07. The smallest absolute Gasteiger partial charge is 0.325 e. The van der Waals surface area contributed by atoms with E-state index in [-0.39, 0.29) is 12.3 Å². The first-order valence-electron chi connectivity index (χ1n) is 6.66. The zero-order valence-corrected chi connectivity index (χ0v) is 13.1. The quantitative estimate of drug-likeness (QED) is 0.499. The van der Waals surface area contributed by atoms with Crippen molar-refractivity contribution in [1.29, 1.82) is 0 Å². The van der Waals surface area contributed by atoms with Crippen molar-refractivity contribution in [1.82, 2.24) is 16.2 Å². The van der Waals surface area contributed by atoms with Gasteiger partial charge in [0.25, 0.3) is 11.8 Å². The van der Waals surface area contributed by atoms with E-state index in [1.54, 1.807) is 17.5 Å². The zero-order chi connectivity index (χ0) is 17.4. The number of furan rings is 1. The summed E-state index contributed by atoms with van der Waals surface area (Å²) in [6, 6.07) is 6.25. The van der Waals surface area contributed by atoms with E-state index in [2.05, 4.69) is 20.9 Å². The van der Waals surface area contributed by atoms with Crippen molar-refractivity contribution in [2.45, 2.75) is 0 Å². The molecule has 24 heavy (non-hydrogen) atoms. The van der Waals surface area contributed by atoms with Crippen molar-refractivity contribution >= 4 is 35.0 Å². The maximum atomic E-state index is 11.6. The Morgan fingerprint density at radius 3 is 2.58 bits per heavy atom. The van der Waals surface area contributed by atoms with Gasteiger partial charge in [0.05, 0.1) is 11.1 Å².